The summed E-state index contributed by atoms with van der Waals surface area (Å²) in [6.07, 6.45) is -15.9. The van der Waals surface area contributed by atoms with Crippen LogP contribution in [0.3, 0.4) is 0 Å². The Labute approximate surface area is 782 Å². The molecule has 0 saturated heterocycles. The SMILES string of the molecule is O=C(O)CCC(CCC(=O)O)(CCC(=O)O)NC(=O)CCC(CCC(=O)NC(CCC(=O)O)(CCC(=O)O)CCC(=O)O)(CCC(=O)NC(CCC(=O)O)(CCC(=O)O)CCC(=O)O)NC(=O)COc1cc(C(=O)OCc2ccc3c(=C4SC=CS4)c4ccccc4c(=C4SC=CS4)c3c2)cc(C(=O)OCc2ccc3c(=C4SC=CS4)c4ccccc4c(=C4SC=CS4)c3c2)c1. The summed E-state index contributed by atoms with van der Waals surface area (Å²) < 4.78 is 22.7. The van der Waals surface area contributed by atoms with E-state index in [9.17, 15) is 103 Å². The first-order chi connectivity index (χ1) is 62.6. The van der Waals surface area contributed by atoms with E-state index in [0.717, 1.165) is 80.9 Å². The van der Waals surface area contributed by atoms with Crippen molar-refractivity contribution in [2.75, 3.05) is 6.61 Å². The van der Waals surface area contributed by atoms with Gasteiger partial charge in [-0.3, -0.25) is 62.3 Å². The van der Waals surface area contributed by atoms with Crippen molar-refractivity contribution in [3.8, 4) is 5.75 Å². The van der Waals surface area contributed by atoms with Gasteiger partial charge in [0.2, 0.25) is 17.7 Å². The molecule has 4 aliphatic rings. The molecule has 4 amide bonds. The molecule has 0 bridgehead atoms. The van der Waals surface area contributed by atoms with Gasteiger partial charge in [-0.15, -0.1) is 0 Å². The van der Waals surface area contributed by atoms with Crippen LogP contribution in [0.1, 0.15) is 186 Å². The average Bonchev–Trinajstić information content (AvgIpc) is 1.73. The van der Waals surface area contributed by atoms with Crippen molar-refractivity contribution < 1.29 is 132 Å². The van der Waals surface area contributed by atoms with E-state index in [1.165, 1.54) is 18.2 Å². The van der Waals surface area contributed by atoms with Gasteiger partial charge in [0.05, 0.1) is 28.1 Å². The van der Waals surface area contributed by atoms with Gasteiger partial charge in [-0.2, -0.15) is 0 Å². The Bertz CT molecular complexity index is 5530. The zero-order chi connectivity index (χ0) is 94.2. The van der Waals surface area contributed by atoms with Crippen LogP contribution in [-0.4, -0.2) is 164 Å². The van der Waals surface area contributed by atoms with Crippen LogP contribution in [-0.2, 0) is 85.0 Å². The topological polar surface area (TPSA) is 514 Å². The zero-order valence-electron chi connectivity index (χ0n) is 70.2. The number of hydrogen-bond donors (Lipinski definition) is 13. The monoisotopic (exact) mass is 1940 g/mol. The van der Waals surface area contributed by atoms with E-state index in [2.05, 4.69) is 45.5 Å². The molecule has 13 N–H and O–H groups in total. The summed E-state index contributed by atoms with van der Waals surface area (Å²) >= 11 is 12.7. The van der Waals surface area contributed by atoms with E-state index in [0.29, 0.717) is 11.1 Å². The van der Waals surface area contributed by atoms with Crippen LogP contribution in [0.2, 0.25) is 0 Å². The molecular formula is C92H92N4O27S8. The molecule has 131 heavy (non-hydrogen) atoms. The number of carboxylic acids is 9. The summed E-state index contributed by atoms with van der Waals surface area (Å²) in [7, 11) is 0. The van der Waals surface area contributed by atoms with Crippen molar-refractivity contribution in [3.05, 3.63) is 190 Å². The lowest BCUT2D eigenvalue weighted by molar-refractivity contribution is -0.141. The average molecular weight is 1940 g/mol. The van der Waals surface area contributed by atoms with Crippen molar-refractivity contribution in [1.29, 1.82) is 0 Å². The highest BCUT2D eigenvalue weighted by atomic mass is 32.2. The minimum atomic E-state index is -2.18. The Balaban J connectivity index is 0.994. The second-order valence-corrected chi connectivity index (χ2v) is 39.9. The third-order valence-electron chi connectivity index (χ3n) is 22.6. The molecule has 0 unspecified atom stereocenters. The molecule has 690 valence electrons. The highest BCUT2D eigenvalue weighted by molar-refractivity contribution is 8.36. The number of carbonyl (C=O) groups excluding carboxylic acids is 6. The quantitative estimate of drug-likeness (QED) is 0.0124. The van der Waals surface area contributed by atoms with Crippen LogP contribution in [0, 0.1) is 0 Å². The van der Waals surface area contributed by atoms with E-state index in [1.807, 2.05) is 104 Å². The maximum atomic E-state index is 15.4. The van der Waals surface area contributed by atoms with Crippen LogP contribution in [0.15, 0.2) is 146 Å². The molecule has 4 aliphatic heterocycles. The predicted molar refractivity (Wildman–Crippen MR) is 506 cm³/mol. The number of ether oxygens (including phenoxy) is 3. The van der Waals surface area contributed by atoms with E-state index in [-0.39, 0.29) is 30.1 Å². The molecule has 7 aromatic rings. The molecule has 7 aromatic carbocycles. The predicted octanol–water partition coefficient (Wildman–Crippen LogP) is 14.0. The molecule has 31 nitrogen and oxygen atoms in total. The van der Waals surface area contributed by atoms with Gasteiger partial charge in [-0.25, -0.2) is 9.59 Å². The first-order valence-corrected chi connectivity index (χ1v) is 48.4. The number of carbonyl (C=O) groups is 15. The smallest absolute Gasteiger partial charge is 0.338 e. The number of aliphatic carboxylic acids is 9. The fourth-order valence-corrected chi connectivity index (χ4v) is 23.9. The Morgan fingerprint density at radius 2 is 0.481 bits per heavy atom. The Morgan fingerprint density at radius 3 is 0.725 bits per heavy atom. The van der Waals surface area contributed by atoms with Crippen molar-refractivity contribution in [1.82, 2.24) is 21.3 Å². The first kappa shape index (κ1) is 100. The van der Waals surface area contributed by atoms with Crippen LogP contribution < -0.4 is 46.9 Å². The van der Waals surface area contributed by atoms with Crippen LogP contribution in [0.5, 0.6) is 5.75 Å². The van der Waals surface area contributed by atoms with Gasteiger partial charge in [0.1, 0.15) is 19.0 Å². The van der Waals surface area contributed by atoms with E-state index >= 15 is 14.4 Å². The Morgan fingerprint density at radius 1 is 0.260 bits per heavy atom. The summed E-state index contributed by atoms with van der Waals surface area (Å²) in [5.41, 5.74) is -7.28. The number of fused-ring (bicyclic) bond motifs is 4. The van der Waals surface area contributed by atoms with Crippen LogP contribution in [0.25, 0.3) is 60.0 Å². The number of rotatable bonds is 49. The van der Waals surface area contributed by atoms with Crippen LogP contribution in [0.4, 0.5) is 0 Å². The van der Waals surface area contributed by atoms with Gasteiger partial charge in [-0.1, -0.05) is 167 Å². The summed E-state index contributed by atoms with van der Waals surface area (Å²) in [5, 5.41) is 128. The minimum absolute atomic E-state index is 0.299. The summed E-state index contributed by atoms with van der Waals surface area (Å²) in [6, 6.07) is 31.3. The van der Waals surface area contributed by atoms with E-state index in [1.54, 1.807) is 94.1 Å². The standard InChI is InChI=1S/C92H92N4O27S8/c97-66(93-90(28-16-70(101)102,29-17-71(103)104)30-18-72(105)106)13-25-89(26-14-67(98)94-91(31-19-73(107)108,32-20-74(109)110)33-21-75(111)112,27-15-68(99)95-92(34-22-76(113)114,35-23-77(115)116)36-24-78(117)118)96-69(100)52-121-57-48-55(83(119)122-50-53-9-11-62-64(45-53)81(87-128-41-42-129-87)60-7-3-1-5-58(60)79(62)85-124-37-38-125-85)47-56(49-57)84(120)123-51-54-10-12-63-65(46-54)82(88-130-43-44-131-88)61-8-4-2-6-59(61)80(63)86-126-39-40-127-86/h1-12,37-49H,13-36,50-52H2,(H,93,97)(H,94,98)(H,95,99)(H,96,100)(H,101,102)(H,103,104)(H,105,106)(H,107,108)(H,109,110)(H,111,112)(H,113,114)(H,115,116)(H,117,118). The van der Waals surface area contributed by atoms with Gasteiger partial charge in [0.25, 0.3) is 5.91 Å². The van der Waals surface area contributed by atoms with E-state index < -0.39 is 272 Å². The number of benzene rings is 7. The summed E-state index contributed by atoms with van der Waals surface area (Å²) in [4.78, 5) is 200. The van der Waals surface area contributed by atoms with Gasteiger partial charge in [0.15, 0.2) is 6.61 Å². The maximum absolute atomic E-state index is 15.4. The molecule has 11 rings (SSSR count). The fourth-order valence-electron chi connectivity index (χ4n) is 16.2. The number of nitrogens with one attached hydrogen (secondary N) is 4. The zero-order valence-corrected chi connectivity index (χ0v) is 76.7. The Hall–Kier alpha value is -11.3. The van der Waals surface area contributed by atoms with Gasteiger partial charge in [-0.05, 0) is 205 Å². The largest absolute Gasteiger partial charge is 0.484 e. The lowest BCUT2D eigenvalue weighted by atomic mass is 9.80. The second kappa shape index (κ2) is 46.7. The minimum Gasteiger partial charge on any atom is -0.484 e. The first-order valence-electron chi connectivity index (χ1n) is 41.3. The molecule has 39 heteroatoms. The lowest BCUT2D eigenvalue weighted by Gasteiger charge is -2.39. The summed E-state index contributed by atoms with van der Waals surface area (Å²) in [6.45, 7) is -1.77. The molecule has 0 aromatic heterocycles. The number of thioether (sulfide) groups is 8. The van der Waals surface area contributed by atoms with Gasteiger partial charge < -0.3 is 81.4 Å². The number of esters is 2. The molecule has 0 spiro atoms. The van der Waals surface area contributed by atoms with Crippen LogP contribution >= 0.6 is 94.1 Å². The lowest BCUT2D eigenvalue weighted by Crippen LogP contribution is -2.54. The molecule has 0 fully saturated rings. The third-order valence-corrected chi connectivity index (χ3v) is 31.1. The van der Waals surface area contributed by atoms with Gasteiger partial charge >= 0.3 is 65.7 Å². The molecule has 4 heterocycles. The van der Waals surface area contributed by atoms with Crippen molar-refractivity contribution in [2.24, 2.45) is 0 Å². The number of hydrogen-bond acceptors (Lipinski definition) is 26. The molecule has 0 saturated carbocycles. The fraction of sp³-hybridized carbons (Fsp3) is 0.337. The number of amides is 4. The number of carboxylic acid groups (broad SMARTS) is 9. The molecule has 0 atom stereocenters. The normalized spacial score (nSPS) is 13.7. The Kier molecular flexibility index (Phi) is 35.7. The molecular weight excluding hydrogens is 1850 g/mol. The molecule has 0 radical (unpaired) electrons. The van der Waals surface area contributed by atoms with Crippen molar-refractivity contribution >= 4 is 243 Å². The van der Waals surface area contributed by atoms with Gasteiger partial charge in [0, 0.05) is 120 Å². The highest BCUT2D eigenvalue weighted by Crippen LogP contribution is 2.44. The molecule has 0 aliphatic carbocycles. The maximum Gasteiger partial charge on any atom is 0.338 e. The summed E-state index contributed by atoms with van der Waals surface area (Å²) in [5.74, 6) is -19.5. The second-order valence-electron chi connectivity index (χ2n) is 31.6. The van der Waals surface area contributed by atoms with E-state index in [4.69, 9.17) is 14.2 Å². The highest BCUT2D eigenvalue weighted by Gasteiger charge is 2.41. The van der Waals surface area contributed by atoms with Crippen molar-refractivity contribution in [2.45, 2.75) is 189 Å². The van der Waals surface area contributed by atoms with Crippen molar-refractivity contribution in [3.63, 3.8) is 0 Å². The third kappa shape index (κ3) is 28.1.